The van der Waals surface area contributed by atoms with Crippen molar-refractivity contribution in [1.82, 2.24) is 4.90 Å². The first-order chi connectivity index (χ1) is 13.5. The normalized spacial score (nSPS) is 21.8. The van der Waals surface area contributed by atoms with Crippen molar-refractivity contribution in [3.63, 3.8) is 0 Å². The van der Waals surface area contributed by atoms with E-state index >= 15 is 0 Å². The molecule has 7 nitrogen and oxygen atoms in total. The van der Waals surface area contributed by atoms with E-state index in [1.54, 1.807) is 6.07 Å². The lowest BCUT2D eigenvalue weighted by Gasteiger charge is -2.44. The largest absolute Gasteiger partial charge is 0.478 e. The Morgan fingerprint density at radius 2 is 2.00 bits per heavy atom. The highest BCUT2D eigenvalue weighted by Gasteiger charge is 2.36. The third kappa shape index (κ3) is 3.54. The molecule has 0 spiro atoms. The molecule has 4 rings (SSSR count). The summed E-state index contributed by atoms with van der Waals surface area (Å²) in [5.74, 6) is -1.17. The predicted octanol–water partition coefficient (Wildman–Crippen LogP) is 3.35. The molecule has 0 amide bonds. The third-order valence-electron chi connectivity index (χ3n) is 5.34. The van der Waals surface area contributed by atoms with Gasteiger partial charge in [0.1, 0.15) is 0 Å². The molecule has 144 valence electrons. The van der Waals surface area contributed by atoms with Crippen molar-refractivity contribution in [3.8, 4) is 0 Å². The van der Waals surface area contributed by atoms with Crippen LogP contribution in [0.1, 0.15) is 27.9 Å². The first-order valence-corrected chi connectivity index (χ1v) is 9.13. The van der Waals surface area contributed by atoms with Crippen LogP contribution in [0.4, 0.5) is 5.69 Å². The Bertz CT molecular complexity index is 941. The van der Waals surface area contributed by atoms with E-state index in [1.807, 2.05) is 24.3 Å². The molecule has 2 aromatic carbocycles. The number of aromatic carboxylic acids is 1. The number of rotatable bonds is 5. The predicted molar refractivity (Wildman–Crippen MR) is 103 cm³/mol. The van der Waals surface area contributed by atoms with E-state index in [-0.39, 0.29) is 23.3 Å². The Kier molecular flexibility index (Phi) is 4.93. The van der Waals surface area contributed by atoms with E-state index in [2.05, 4.69) is 17.0 Å². The molecule has 2 aromatic rings. The van der Waals surface area contributed by atoms with Gasteiger partial charge in [0, 0.05) is 18.7 Å². The number of fused-ring (bicyclic) bond motifs is 2. The zero-order valence-electron chi connectivity index (χ0n) is 15.2. The summed E-state index contributed by atoms with van der Waals surface area (Å²) in [6.07, 6.45) is 2.65. The van der Waals surface area contributed by atoms with E-state index in [9.17, 15) is 14.9 Å². The van der Waals surface area contributed by atoms with Crippen LogP contribution in [-0.4, -0.2) is 46.2 Å². The molecule has 1 N–H and O–H groups in total. The van der Waals surface area contributed by atoms with Crippen molar-refractivity contribution in [1.29, 1.82) is 0 Å². The molecule has 2 heterocycles. The van der Waals surface area contributed by atoms with Gasteiger partial charge in [-0.05, 0) is 29.7 Å². The summed E-state index contributed by atoms with van der Waals surface area (Å²) in [7, 11) is 0. The van der Waals surface area contributed by atoms with Gasteiger partial charge in [0.25, 0.3) is 5.69 Å². The van der Waals surface area contributed by atoms with Gasteiger partial charge in [0.05, 0.1) is 35.3 Å². The fourth-order valence-corrected chi connectivity index (χ4v) is 3.99. The molecule has 2 aliphatic rings. The van der Waals surface area contributed by atoms with Crippen molar-refractivity contribution >= 4 is 17.2 Å². The van der Waals surface area contributed by atoms with Crippen LogP contribution < -0.4 is 0 Å². The van der Waals surface area contributed by atoms with Crippen LogP contribution in [0.2, 0.25) is 0 Å². The lowest BCUT2D eigenvalue weighted by Crippen LogP contribution is -2.53. The Morgan fingerprint density at radius 1 is 1.21 bits per heavy atom. The topological polar surface area (TPSA) is 92.9 Å². The molecule has 2 aliphatic heterocycles. The molecule has 0 radical (unpaired) electrons. The SMILES string of the molecule is O=C(O)c1ccc(C2=CC3COCC(C2)N3Cc2ccccc2)c([N+](=O)[O-])c1. The van der Waals surface area contributed by atoms with Crippen molar-refractivity contribution in [2.24, 2.45) is 0 Å². The van der Waals surface area contributed by atoms with Crippen LogP contribution in [-0.2, 0) is 11.3 Å². The summed E-state index contributed by atoms with van der Waals surface area (Å²) in [6, 6.07) is 14.5. The lowest BCUT2D eigenvalue weighted by atomic mass is 9.88. The third-order valence-corrected chi connectivity index (χ3v) is 5.34. The number of nitro benzene ring substituents is 1. The minimum atomic E-state index is -1.17. The van der Waals surface area contributed by atoms with Crippen LogP contribution >= 0.6 is 0 Å². The maximum absolute atomic E-state index is 11.5. The average molecular weight is 380 g/mol. The number of ether oxygens (including phenoxy) is 1. The van der Waals surface area contributed by atoms with E-state index < -0.39 is 10.9 Å². The molecular formula is C21H20N2O5. The molecule has 0 aliphatic carbocycles. The Morgan fingerprint density at radius 3 is 2.68 bits per heavy atom. The standard InChI is InChI=1S/C21H20N2O5/c24-21(25)15-6-7-19(20(10-15)23(26)27)16-8-17-12-28-13-18(9-16)22(17)11-14-4-2-1-3-5-14/h1-8,10,17-18H,9,11-13H2,(H,24,25). The van der Waals surface area contributed by atoms with Crippen molar-refractivity contribution in [2.75, 3.05) is 13.2 Å². The molecule has 1 saturated heterocycles. The highest BCUT2D eigenvalue weighted by Crippen LogP contribution is 2.37. The van der Waals surface area contributed by atoms with Gasteiger partial charge in [-0.15, -0.1) is 0 Å². The van der Waals surface area contributed by atoms with Crippen molar-refractivity contribution in [3.05, 3.63) is 81.4 Å². The number of carbonyl (C=O) groups is 1. The second-order valence-electron chi connectivity index (χ2n) is 7.11. The minimum Gasteiger partial charge on any atom is -0.478 e. The second-order valence-corrected chi connectivity index (χ2v) is 7.11. The van der Waals surface area contributed by atoms with E-state index in [0.717, 1.165) is 18.2 Å². The Balaban J connectivity index is 1.67. The highest BCUT2D eigenvalue weighted by molar-refractivity contribution is 5.90. The number of carboxylic acids is 1. The quantitative estimate of drug-likeness (QED) is 0.632. The number of carboxylic acid groups (broad SMARTS) is 1. The molecule has 0 saturated carbocycles. The number of nitro groups is 1. The summed E-state index contributed by atoms with van der Waals surface area (Å²) < 4.78 is 5.72. The van der Waals surface area contributed by atoms with Gasteiger partial charge < -0.3 is 9.84 Å². The molecule has 2 bridgehead atoms. The van der Waals surface area contributed by atoms with Gasteiger partial charge in [-0.3, -0.25) is 15.0 Å². The van der Waals surface area contributed by atoms with Gasteiger partial charge in [-0.1, -0.05) is 36.4 Å². The van der Waals surface area contributed by atoms with Crippen LogP contribution in [0.3, 0.4) is 0 Å². The Hall–Kier alpha value is -3.03. The second kappa shape index (κ2) is 7.53. The lowest BCUT2D eigenvalue weighted by molar-refractivity contribution is -0.385. The number of morpholine rings is 1. The fourth-order valence-electron chi connectivity index (χ4n) is 3.99. The highest BCUT2D eigenvalue weighted by atomic mass is 16.6. The summed E-state index contributed by atoms with van der Waals surface area (Å²) in [5.41, 5.74) is 2.34. The number of nitrogens with zero attached hydrogens (tertiary/aromatic N) is 2. The molecule has 7 heteroatoms. The monoisotopic (exact) mass is 380 g/mol. The zero-order chi connectivity index (χ0) is 19.7. The van der Waals surface area contributed by atoms with Crippen LogP contribution in [0.5, 0.6) is 0 Å². The summed E-state index contributed by atoms with van der Waals surface area (Å²) in [6.45, 7) is 1.90. The molecular weight excluding hydrogens is 360 g/mol. The fraction of sp³-hybridized carbons (Fsp3) is 0.286. The van der Waals surface area contributed by atoms with Gasteiger partial charge in [0.15, 0.2) is 0 Å². The zero-order valence-corrected chi connectivity index (χ0v) is 15.2. The number of hydrogen-bond donors (Lipinski definition) is 1. The van der Waals surface area contributed by atoms with E-state index in [4.69, 9.17) is 9.84 Å². The molecule has 0 aromatic heterocycles. The summed E-state index contributed by atoms with van der Waals surface area (Å²) in [4.78, 5) is 24.6. The summed E-state index contributed by atoms with van der Waals surface area (Å²) in [5, 5.41) is 20.7. The Labute approximate surface area is 162 Å². The maximum atomic E-state index is 11.5. The molecule has 1 fully saturated rings. The van der Waals surface area contributed by atoms with Crippen LogP contribution in [0, 0.1) is 10.1 Å². The number of benzene rings is 2. The molecule has 2 atom stereocenters. The maximum Gasteiger partial charge on any atom is 0.335 e. The van der Waals surface area contributed by atoms with Crippen LogP contribution in [0.15, 0.2) is 54.6 Å². The first-order valence-electron chi connectivity index (χ1n) is 9.13. The molecule has 28 heavy (non-hydrogen) atoms. The van der Waals surface area contributed by atoms with E-state index in [0.29, 0.717) is 25.2 Å². The van der Waals surface area contributed by atoms with Gasteiger partial charge in [-0.25, -0.2) is 4.79 Å². The van der Waals surface area contributed by atoms with Crippen molar-refractivity contribution in [2.45, 2.75) is 25.0 Å². The van der Waals surface area contributed by atoms with Crippen LogP contribution in [0.25, 0.3) is 5.57 Å². The van der Waals surface area contributed by atoms with E-state index in [1.165, 1.54) is 11.6 Å². The summed E-state index contributed by atoms with van der Waals surface area (Å²) >= 11 is 0. The minimum absolute atomic E-state index is 0.0291. The number of hydrogen-bond acceptors (Lipinski definition) is 5. The van der Waals surface area contributed by atoms with Gasteiger partial charge in [0.2, 0.25) is 0 Å². The van der Waals surface area contributed by atoms with Gasteiger partial charge >= 0.3 is 5.97 Å². The first kappa shape index (κ1) is 18.3. The van der Waals surface area contributed by atoms with Gasteiger partial charge in [-0.2, -0.15) is 0 Å². The smallest absolute Gasteiger partial charge is 0.335 e. The average Bonchev–Trinajstić information content (AvgIpc) is 2.68. The van der Waals surface area contributed by atoms with Crippen molar-refractivity contribution < 1.29 is 19.6 Å². The molecule has 2 unspecified atom stereocenters.